The predicted octanol–water partition coefficient (Wildman–Crippen LogP) is 3.50. The maximum atomic E-state index is 11.5. The number of rotatable bonds is 2. The molecule has 0 bridgehead atoms. The topological polar surface area (TPSA) is 44.9 Å². The standard InChI is InChI=1S/C17H16N2O/c1-11-10-19-16-8-7-14(9-15(11)16)12-3-5-13(6-4-12)17(20)18-2/h3-10,19H,1-2H3,(H,18,20). The number of H-pyrrole nitrogens is 1. The van der Waals surface area contributed by atoms with Crippen molar-refractivity contribution < 1.29 is 4.79 Å². The summed E-state index contributed by atoms with van der Waals surface area (Å²) >= 11 is 0. The average molecular weight is 264 g/mol. The lowest BCUT2D eigenvalue weighted by atomic mass is 10.0. The van der Waals surface area contributed by atoms with Crippen LogP contribution in [0.5, 0.6) is 0 Å². The summed E-state index contributed by atoms with van der Waals surface area (Å²) in [5.74, 6) is -0.0616. The lowest BCUT2D eigenvalue weighted by Crippen LogP contribution is -2.17. The van der Waals surface area contributed by atoms with E-state index in [-0.39, 0.29) is 5.91 Å². The van der Waals surface area contributed by atoms with Crippen molar-refractivity contribution in [2.45, 2.75) is 6.92 Å². The third kappa shape index (κ3) is 2.07. The summed E-state index contributed by atoms with van der Waals surface area (Å²) in [6.07, 6.45) is 2.02. The predicted molar refractivity (Wildman–Crippen MR) is 81.9 cm³/mol. The maximum absolute atomic E-state index is 11.5. The van der Waals surface area contributed by atoms with Gasteiger partial charge in [-0.25, -0.2) is 0 Å². The van der Waals surface area contributed by atoms with E-state index in [0.29, 0.717) is 5.56 Å². The third-order valence-corrected chi connectivity index (χ3v) is 3.60. The zero-order valence-corrected chi connectivity index (χ0v) is 11.5. The minimum atomic E-state index is -0.0616. The number of amides is 1. The molecule has 0 spiro atoms. The van der Waals surface area contributed by atoms with Gasteiger partial charge in [-0.05, 0) is 47.9 Å². The fourth-order valence-corrected chi connectivity index (χ4v) is 2.40. The van der Waals surface area contributed by atoms with Gasteiger partial charge >= 0.3 is 0 Å². The Morgan fingerprint density at radius 1 is 1.05 bits per heavy atom. The van der Waals surface area contributed by atoms with Crippen molar-refractivity contribution in [1.82, 2.24) is 10.3 Å². The largest absolute Gasteiger partial charge is 0.361 e. The van der Waals surface area contributed by atoms with E-state index in [1.54, 1.807) is 7.05 Å². The van der Waals surface area contributed by atoms with E-state index in [4.69, 9.17) is 0 Å². The van der Waals surface area contributed by atoms with Gasteiger partial charge < -0.3 is 10.3 Å². The molecule has 1 amide bonds. The van der Waals surface area contributed by atoms with Crippen LogP contribution in [0.1, 0.15) is 15.9 Å². The zero-order valence-electron chi connectivity index (χ0n) is 11.5. The lowest BCUT2D eigenvalue weighted by molar-refractivity contribution is 0.0963. The molecular weight excluding hydrogens is 248 g/mol. The van der Waals surface area contributed by atoms with E-state index < -0.39 is 0 Å². The van der Waals surface area contributed by atoms with Crippen molar-refractivity contribution in [3.63, 3.8) is 0 Å². The first-order valence-corrected chi connectivity index (χ1v) is 6.59. The summed E-state index contributed by atoms with van der Waals surface area (Å²) in [6.45, 7) is 2.09. The summed E-state index contributed by atoms with van der Waals surface area (Å²) in [5.41, 5.74) is 5.33. The number of carbonyl (C=O) groups is 1. The molecule has 0 aliphatic heterocycles. The van der Waals surface area contributed by atoms with E-state index in [1.165, 1.54) is 10.9 Å². The fourth-order valence-electron chi connectivity index (χ4n) is 2.40. The van der Waals surface area contributed by atoms with Gasteiger partial charge in [-0.3, -0.25) is 4.79 Å². The highest BCUT2D eigenvalue weighted by molar-refractivity contribution is 5.94. The minimum Gasteiger partial charge on any atom is -0.361 e. The molecule has 0 unspecified atom stereocenters. The van der Waals surface area contributed by atoms with Crippen molar-refractivity contribution in [2.24, 2.45) is 0 Å². The van der Waals surface area contributed by atoms with Gasteiger partial charge in [0.25, 0.3) is 5.91 Å². The number of hydrogen-bond acceptors (Lipinski definition) is 1. The Kier molecular flexibility index (Phi) is 3.03. The Hall–Kier alpha value is -2.55. The molecule has 1 aromatic heterocycles. The number of aromatic amines is 1. The Bertz CT molecular complexity index is 769. The molecular formula is C17H16N2O. The normalized spacial score (nSPS) is 10.7. The molecule has 3 rings (SSSR count). The van der Waals surface area contributed by atoms with Crippen LogP contribution in [-0.2, 0) is 0 Å². The van der Waals surface area contributed by atoms with Crippen molar-refractivity contribution in [3.8, 4) is 11.1 Å². The molecule has 0 atom stereocenters. The monoisotopic (exact) mass is 264 g/mol. The van der Waals surface area contributed by atoms with Gasteiger partial charge in [0.05, 0.1) is 0 Å². The molecule has 2 aromatic carbocycles. The number of nitrogens with one attached hydrogen (secondary N) is 2. The van der Waals surface area contributed by atoms with Gasteiger partial charge in [-0.15, -0.1) is 0 Å². The summed E-state index contributed by atoms with van der Waals surface area (Å²) in [6, 6.07) is 14.0. The summed E-state index contributed by atoms with van der Waals surface area (Å²) < 4.78 is 0. The summed E-state index contributed by atoms with van der Waals surface area (Å²) in [4.78, 5) is 14.8. The quantitative estimate of drug-likeness (QED) is 0.731. The molecule has 0 aliphatic carbocycles. The van der Waals surface area contributed by atoms with Gasteiger partial charge in [0.2, 0.25) is 0 Å². The van der Waals surface area contributed by atoms with Crippen LogP contribution in [0.3, 0.4) is 0 Å². The number of benzene rings is 2. The highest BCUT2D eigenvalue weighted by atomic mass is 16.1. The van der Waals surface area contributed by atoms with Crippen LogP contribution in [-0.4, -0.2) is 17.9 Å². The van der Waals surface area contributed by atoms with Gasteiger partial charge in [0.15, 0.2) is 0 Å². The molecule has 3 nitrogen and oxygen atoms in total. The van der Waals surface area contributed by atoms with Crippen LogP contribution in [0.15, 0.2) is 48.7 Å². The van der Waals surface area contributed by atoms with E-state index >= 15 is 0 Å². The van der Waals surface area contributed by atoms with Gasteiger partial charge in [0.1, 0.15) is 0 Å². The Morgan fingerprint density at radius 3 is 2.45 bits per heavy atom. The Morgan fingerprint density at radius 2 is 1.75 bits per heavy atom. The lowest BCUT2D eigenvalue weighted by Gasteiger charge is -2.04. The highest BCUT2D eigenvalue weighted by Gasteiger charge is 2.05. The Balaban J connectivity index is 2.02. The van der Waals surface area contributed by atoms with Gasteiger partial charge in [-0.2, -0.15) is 0 Å². The van der Waals surface area contributed by atoms with Gasteiger partial charge in [-0.1, -0.05) is 18.2 Å². The molecule has 3 heteroatoms. The minimum absolute atomic E-state index is 0.0616. The molecule has 1 heterocycles. The molecule has 3 aromatic rings. The molecule has 0 saturated carbocycles. The molecule has 0 aliphatic rings. The number of aryl methyl sites for hydroxylation is 1. The zero-order chi connectivity index (χ0) is 14.1. The Labute approximate surface area is 117 Å². The fraction of sp³-hybridized carbons (Fsp3) is 0.118. The van der Waals surface area contributed by atoms with E-state index in [1.807, 2.05) is 30.5 Å². The summed E-state index contributed by atoms with van der Waals surface area (Å²) in [7, 11) is 1.64. The van der Waals surface area contributed by atoms with Crippen LogP contribution in [0, 0.1) is 6.92 Å². The molecule has 100 valence electrons. The molecule has 0 fully saturated rings. The molecule has 2 N–H and O–H groups in total. The van der Waals surface area contributed by atoms with Crippen LogP contribution in [0.4, 0.5) is 0 Å². The highest BCUT2D eigenvalue weighted by Crippen LogP contribution is 2.26. The van der Waals surface area contributed by atoms with E-state index in [0.717, 1.165) is 16.6 Å². The van der Waals surface area contributed by atoms with Crippen LogP contribution >= 0.6 is 0 Å². The second-order valence-corrected chi connectivity index (χ2v) is 4.89. The van der Waals surface area contributed by atoms with Crippen molar-refractivity contribution in [2.75, 3.05) is 7.05 Å². The maximum Gasteiger partial charge on any atom is 0.251 e. The second-order valence-electron chi connectivity index (χ2n) is 4.89. The van der Waals surface area contributed by atoms with Crippen molar-refractivity contribution in [3.05, 3.63) is 59.8 Å². The second kappa shape index (κ2) is 4.85. The SMILES string of the molecule is CNC(=O)c1ccc(-c2ccc3[nH]cc(C)c3c2)cc1. The van der Waals surface area contributed by atoms with Crippen molar-refractivity contribution in [1.29, 1.82) is 0 Å². The van der Waals surface area contributed by atoms with Crippen LogP contribution < -0.4 is 5.32 Å². The van der Waals surface area contributed by atoms with E-state index in [2.05, 4.69) is 35.4 Å². The van der Waals surface area contributed by atoms with Gasteiger partial charge in [0, 0.05) is 29.7 Å². The van der Waals surface area contributed by atoms with Crippen LogP contribution in [0.2, 0.25) is 0 Å². The first-order valence-electron chi connectivity index (χ1n) is 6.59. The average Bonchev–Trinajstić information content (AvgIpc) is 2.87. The molecule has 20 heavy (non-hydrogen) atoms. The molecule has 0 saturated heterocycles. The number of fused-ring (bicyclic) bond motifs is 1. The first-order chi connectivity index (χ1) is 9.69. The third-order valence-electron chi connectivity index (χ3n) is 3.60. The number of hydrogen-bond donors (Lipinski definition) is 2. The smallest absolute Gasteiger partial charge is 0.251 e. The van der Waals surface area contributed by atoms with E-state index in [9.17, 15) is 4.79 Å². The summed E-state index contributed by atoms with van der Waals surface area (Å²) in [5, 5.41) is 3.86. The number of carbonyl (C=O) groups excluding carboxylic acids is 1. The van der Waals surface area contributed by atoms with Crippen LogP contribution in [0.25, 0.3) is 22.0 Å². The number of aromatic nitrogens is 1. The first kappa shape index (κ1) is 12.5. The molecule has 0 radical (unpaired) electrons. The van der Waals surface area contributed by atoms with Crippen molar-refractivity contribution >= 4 is 16.8 Å².